The molecule has 3 aromatic carbocycles. The second-order valence-electron chi connectivity index (χ2n) is 19.4. The van der Waals surface area contributed by atoms with Crippen LogP contribution in [0.15, 0.2) is 75.7 Å². The zero-order valence-electron chi connectivity index (χ0n) is 45.0. The van der Waals surface area contributed by atoms with Crippen molar-refractivity contribution in [2.45, 2.75) is 98.7 Å². The summed E-state index contributed by atoms with van der Waals surface area (Å²) in [4.78, 5) is 42.6. The third kappa shape index (κ3) is 14.5. The normalized spacial score (nSPS) is 27.7. The van der Waals surface area contributed by atoms with E-state index >= 15 is 0 Å². The SMILES string of the molecule is CCS/C(N)=N\N=C\c1ccc(C(F)(F)F)cc1.CO[C@H]1/C=C/O[C@@]2(C)Oc3c(C)c(O)c4c(O)c(c(/C=N\N5CCN(C)CC5)c(O)c4c3C2=O)NC(=O)/C(C)=C\C=C\[C@@H](C)[C@H](O)[C@@H](C)[C@H](O)[C@@H](C)[C@H](OC(C)=O)[C@@H]1C. The summed E-state index contributed by atoms with van der Waals surface area (Å²) in [5, 5.41) is 74.5. The Balaban J connectivity index is 0.000000514. The Morgan fingerprint density at radius 3 is 2.19 bits per heavy atom. The maximum Gasteiger partial charge on any atom is 0.416 e. The first-order chi connectivity index (χ1) is 36.2. The molecule has 19 nitrogen and oxygen atoms in total. The zero-order chi connectivity index (χ0) is 57.3. The Kier molecular flexibility index (Phi) is 20.8. The number of esters is 1. The van der Waals surface area contributed by atoms with E-state index in [1.54, 1.807) is 44.9 Å². The number of aliphatic hydroxyl groups is 2. The number of Topliss-reactive ketones (excluding diaryl/α,β-unsaturated/α-hetero) is 1. The first-order valence-electron chi connectivity index (χ1n) is 24.9. The van der Waals surface area contributed by atoms with Crippen molar-refractivity contribution in [3.8, 4) is 23.0 Å². The fourth-order valence-corrected chi connectivity index (χ4v) is 9.41. The average molecular weight is 1100 g/mol. The number of nitrogens with one attached hydrogen (secondary N) is 1. The number of aromatic hydroxyl groups is 3. The molecule has 1 saturated heterocycles. The number of ketones is 1. The molecular formula is C54H70F3N7O12S. The van der Waals surface area contributed by atoms with Crippen LogP contribution in [0.4, 0.5) is 18.9 Å². The van der Waals surface area contributed by atoms with Crippen LogP contribution in [0.3, 0.4) is 0 Å². The first kappa shape index (κ1) is 61.2. The Morgan fingerprint density at radius 1 is 0.948 bits per heavy atom. The van der Waals surface area contributed by atoms with E-state index in [0.717, 1.165) is 31.0 Å². The highest BCUT2D eigenvalue weighted by Crippen LogP contribution is 2.55. The van der Waals surface area contributed by atoms with E-state index in [2.05, 4.69) is 25.5 Å². The monoisotopic (exact) mass is 1100 g/mol. The number of carbonyl (C=O) groups excluding carboxylic acids is 3. The molecule has 7 rings (SSSR count). The van der Waals surface area contributed by atoms with Gasteiger partial charge in [-0.25, -0.2) is 0 Å². The van der Waals surface area contributed by atoms with Gasteiger partial charge < -0.3 is 60.4 Å². The van der Waals surface area contributed by atoms with Gasteiger partial charge in [0.2, 0.25) is 0 Å². The minimum Gasteiger partial charge on any atom is -0.507 e. The van der Waals surface area contributed by atoms with Crippen LogP contribution >= 0.6 is 11.8 Å². The largest absolute Gasteiger partial charge is 0.507 e. The van der Waals surface area contributed by atoms with Gasteiger partial charge in [-0.05, 0) is 50.4 Å². The van der Waals surface area contributed by atoms with Crippen molar-refractivity contribution in [3.63, 3.8) is 0 Å². The lowest BCUT2D eigenvalue weighted by Crippen LogP contribution is -2.46. The zero-order valence-corrected chi connectivity index (χ0v) is 45.8. The molecule has 0 spiro atoms. The number of halogens is 3. The highest BCUT2D eigenvalue weighted by Gasteiger charge is 2.50. The van der Waals surface area contributed by atoms with Crippen molar-refractivity contribution < 1.29 is 72.0 Å². The number of rotatable bonds is 7. The predicted molar refractivity (Wildman–Crippen MR) is 289 cm³/mol. The fraction of sp³-hybridized carbons (Fsp3) is 0.481. The summed E-state index contributed by atoms with van der Waals surface area (Å²) in [5.41, 5.74) is 4.97. The number of ether oxygens (including phenoxy) is 4. The van der Waals surface area contributed by atoms with E-state index in [4.69, 9.17) is 24.7 Å². The van der Waals surface area contributed by atoms with Gasteiger partial charge in [0.15, 0.2) is 10.9 Å². The van der Waals surface area contributed by atoms with E-state index in [1.807, 2.05) is 14.0 Å². The summed E-state index contributed by atoms with van der Waals surface area (Å²) in [5.74, 6) is -7.56. The Labute approximate surface area is 450 Å². The number of amidine groups is 1. The number of carbonyl (C=O) groups is 3. The lowest BCUT2D eigenvalue weighted by molar-refractivity contribution is -0.160. The number of nitrogens with two attached hydrogens (primary N) is 1. The number of hydrazone groups is 1. The van der Waals surface area contributed by atoms with Gasteiger partial charge in [0.25, 0.3) is 11.7 Å². The molecule has 23 heteroatoms. The number of thioether (sulfide) groups is 1. The summed E-state index contributed by atoms with van der Waals surface area (Å²) in [6.07, 6.45) is 1.89. The summed E-state index contributed by atoms with van der Waals surface area (Å²) in [7, 11) is 3.42. The second kappa shape index (κ2) is 26.1. The van der Waals surface area contributed by atoms with Crippen LogP contribution < -0.4 is 15.8 Å². The van der Waals surface area contributed by atoms with E-state index in [9.17, 15) is 53.1 Å². The topological polar surface area (TPSA) is 271 Å². The fourth-order valence-electron chi connectivity index (χ4n) is 9.01. The molecule has 3 aromatic rings. The van der Waals surface area contributed by atoms with Crippen molar-refractivity contribution in [1.82, 2.24) is 9.91 Å². The number of phenolic OH excluding ortho intramolecular Hbond substituents is 3. The molecule has 77 heavy (non-hydrogen) atoms. The van der Waals surface area contributed by atoms with Crippen LogP contribution in [-0.2, 0) is 30.0 Å². The molecule has 4 heterocycles. The number of fused-ring (bicyclic) bond motifs is 14. The summed E-state index contributed by atoms with van der Waals surface area (Å²) >= 11 is 1.34. The van der Waals surface area contributed by atoms with Crippen LogP contribution in [0, 0.1) is 30.6 Å². The molecular weight excluding hydrogens is 1030 g/mol. The maximum absolute atomic E-state index is 14.4. The third-order valence-corrected chi connectivity index (χ3v) is 14.4. The lowest BCUT2D eigenvalue weighted by atomic mass is 9.78. The molecule has 5 bridgehead atoms. The predicted octanol–water partition coefficient (Wildman–Crippen LogP) is 7.44. The number of hydrogen-bond donors (Lipinski definition) is 7. The smallest absolute Gasteiger partial charge is 0.416 e. The van der Waals surface area contributed by atoms with Gasteiger partial charge in [-0.15, -0.1) is 5.10 Å². The lowest BCUT2D eigenvalue weighted by Gasteiger charge is -2.38. The Morgan fingerprint density at radius 2 is 1.60 bits per heavy atom. The Bertz CT molecular complexity index is 2820. The Hall–Kier alpha value is -6.66. The number of amides is 1. The van der Waals surface area contributed by atoms with Crippen LogP contribution in [0.25, 0.3) is 10.8 Å². The number of alkyl halides is 3. The highest BCUT2D eigenvalue weighted by molar-refractivity contribution is 8.13. The molecule has 4 aliphatic heterocycles. The molecule has 0 saturated carbocycles. The van der Waals surface area contributed by atoms with Gasteiger partial charge in [-0.1, -0.05) is 76.7 Å². The number of aliphatic hydroxyl groups excluding tert-OH is 2. The number of anilines is 1. The third-order valence-electron chi connectivity index (χ3n) is 13.8. The highest BCUT2D eigenvalue weighted by atomic mass is 32.2. The molecule has 0 aliphatic carbocycles. The van der Waals surface area contributed by atoms with Crippen LogP contribution in [0.2, 0.25) is 0 Å². The number of likely N-dealkylation sites (N-methyl/N-ethyl adjacent to an activating group) is 1. The van der Waals surface area contributed by atoms with Crippen LogP contribution in [-0.4, -0.2) is 147 Å². The van der Waals surface area contributed by atoms with Crippen molar-refractivity contribution >= 4 is 63.5 Å². The minimum atomic E-state index is -4.32. The molecule has 420 valence electrons. The van der Waals surface area contributed by atoms with Gasteiger partial charge >= 0.3 is 17.9 Å². The molecule has 0 aromatic heterocycles. The molecule has 9 atom stereocenters. The second-order valence-corrected chi connectivity index (χ2v) is 20.6. The summed E-state index contributed by atoms with van der Waals surface area (Å²) < 4.78 is 60.5. The molecule has 1 amide bonds. The molecule has 0 radical (unpaired) electrons. The number of phenols is 3. The maximum atomic E-state index is 14.4. The molecule has 4 aliphatic rings. The van der Waals surface area contributed by atoms with Crippen molar-refractivity contribution in [3.05, 3.63) is 88.2 Å². The standard InChI is InChI=1S/C43H58N4O12.C11H12F3N3S/c1-21-12-11-13-22(2)42(55)45-33-28(20-44-47-17-15-46(9)16-18-47)37(52)30-31(38(33)53)36(51)26(6)40-32(30)41(54)43(8,59-40)57-19-14-29(56-10)23(3)39(58-27(7)48)25(5)35(50)24(4)34(21)49;1-2-18-10(15)17-16-7-8-3-5-9(6-4-8)11(12,13)14/h11-14,19-21,23-25,29,34-35,39,49-53H,15-18H2,1-10H3,(H,45,55);3-7H,2H2,1H3,(H2,15,17)/b12-11+,19-14+,22-13-,44-20-;16-7+/t21-,23-,24-,25-,29+,34+,35+,39-,43+;/m1./s1. The molecule has 0 unspecified atom stereocenters. The van der Waals surface area contributed by atoms with Crippen LogP contribution in [0.5, 0.6) is 23.0 Å². The molecule has 8 N–H and O–H groups in total. The van der Waals surface area contributed by atoms with E-state index in [0.29, 0.717) is 23.8 Å². The van der Waals surface area contributed by atoms with Crippen molar-refractivity contribution in [1.29, 1.82) is 0 Å². The van der Waals surface area contributed by atoms with Crippen molar-refractivity contribution in [2.24, 2.45) is 44.7 Å². The number of allylic oxidation sites excluding steroid dienone is 2. The van der Waals surface area contributed by atoms with Gasteiger partial charge in [-0.2, -0.15) is 23.4 Å². The van der Waals surface area contributed by atoms with E-state index in [-0.39, 0.29) is 44.5 Å². The minimum absolute atomic E-state index is 0.0559. The summed E-state index contributed by atoms with van der Waals surface area (Å²) in [6, 6.07) is 4.64. The van der Waals surface area contributed by atoms with Gasteiger partial charge in [-0.3, -0.25) is 19.4 Å². The average Bonchev–Trinajstić information content (AvgIpc) is 3.64. The molecule has 1 fully saturated rings. The number of methoxy groups -OCH3 is 1. The van der Waals surface area contributed by atoms with Gasteiger partial charge in [0.1, 0.15) is 23.4 Å². The quantitative estimate of drug-likeness (QED) is 0.0302. The number of hydrogen-bond acceptors (Lipinski definition) is 18. The summed E-state index contributed by atoms with van der Waals surface area (Å²) in [6.45, 7) is 17.0. The van der Waals surface area contributed by atoms with Gasteiger partial charge in [0.05, 0.1) is 64.8 Å². The number of benzene rings is 3. The first-order valence-corrected chi connectivity index (χ1v) is 25.9. The van der Waals surface area contributed by atoms with E-state index < -0.39 is 101 Å². The number of piperazine rings is 1. The van der Waals surface area contributed by atoms with Gasteiger partial charge in [0, 0.05) is 87.3 Å². The van der Waals surface area contributed by atoms with Crippen molar-refractivity contribution in [2.75, 3.05) is 51.4 Å². The van der Waals surface area contributed by atoms with E-state index in [1.165, 1.54) is 89.5 Å². The van der Waals surface area contributed by atoms with Crippen LogP contribution in [0.1, 0.15) is 88.0 Å². The number of nitrogens with zero attached hydrogens (tertiary/aromatic N) is 5.